The lowest BCUT2D eigenvalue weighted by atomic mass is 10.2. The smallest absolute Gasteiger partial charge is 0.211 e. The number of benzene rings is 1. The molecule has 0 bridgehead atoms. The quantitative estimate of drug-likeness (QED) is 0.795. The van der Waals surface area contributed by atoms with E-state index in [1.54, 1.807) is 7.11 Å². The maximum atomic E-state index is 10.4. The Morgan fingerprint density at radius 1 is 1.41 bits per heavy atom. The summed E-state index contributed by atoms with van der Waals surface area (Å²) in [4.78, 5) is 12.7. The van der Waals surface area contributed by atoms with Crippen LogP contribution >= 0.6 is 0 Å². The minimum atomic E-state index is 0.645. The van der Waals surface area contributed by atoms with Crippen LogP contribution in [0.4, 0.5) is 11.4 Å². The highest BCUT2D eigenvalue weighted by Crippen LogP contribution is 2.29. The van der Waals surface area contributed by atoms with Crippen molar-refractivity contribution >= 4 is 17.8 Å². The summed E-state index contributed by atoms with van der Waals surface area (Å²) in [6, 6.07) is 5.74. The molecule has 0 spiro atoms. The fraction of sp³-hybridized carbons (Fsp3) is 0.417. The second-order valence-electron chi connectivity index (χ2n) is 3.75. The lowest BCUT2D eigenvalue weighted by Gasteiger charge is -2.29. The topological polar surface area (TPSA) is 50.8 Å². The summed E-state index contributed by atoms with van der Waals surface area (Å²) in [5.41, 5.74) is 1.76. The first-order chi connectivity index (χ1) is 8.35. The zero-order chi connectivity index (χ0) is 12.1. The van der Waals surface area contributed by atoms with Crippen LogP contribution in [0.2, 0.25) is 0 Å². The average Bonchev–Trinajstić information content (AvgIpc) is 2.40. The van der Waals surface area contributed by atoms with Crippen molar-refractivity contribution in [3.63, 3.8) is 0 Å². The van der Waals surface area contributed by atoms with Crippen molar-refractivity contribution in [3.8, 4) is 5.75 Å². The number of anilines is 2. The molecule has 5 heteroatoms. The summed E-state index contributed by atoms with van der Waals surface area (Å²) < 4.78 is 10.6. The molecule has 0 atom stereocenters. The SMILES string of the molecule is COc1cc(N2CCOCC2)ccc1NC=O. The Morgan fingerprint density at radius 3 is 2.82 bits per heavy atom. The van der Waals surface area contributed by atoms with E-state index in [4.69, 9.17) is 9.47 Å². The number of methoxy groups -OCH3 is 1. The third kappa shape index (κ3) is 2.68. The summed E-state index contributed by atoms with van der Waals surface area (Å²) >= 11 is 0. The molecule has 1 amide bonds. The highest BCUT2D eigenvalue weighted by atomic mass is 16.5. The predicted octanol–water partition coefficient (Wildman–Crippen LogP) is 1.10. The molecule has 1 saturated heterocycles. The zero-order valence-corrected chi connectivity index (χ0v) is 9.81. The summed E-state index contributed by atoms with van der Waals surface area (Å²) in [6.45, 7) is 3.25. The molecule has 17 heavy (non-hydrogen) atoms. The van der Waals surface area contributed by atoms with E-state index in [1.165, 1.54) is 0 Å². The molecule has 5 nitrogen and oxygen atoms in total. The molecule has 1 aromatic carbocycles. The number of carbonyl (C=O) groups excluding carboxylic acids is 1. The Hall–Kier alpha value is -1.75. The predicted molar refractivity (Wildman–Crippen MR) is 65.7 cm³/mol. The standard InChI is InChI=1S/C12H16N2O3/c1-16-12-8-10(2-3-11(12)13-9-15)14-4-6-17-7-5-14/h2-3,8-9H,4-7H2,1H3,(H,13,15). The van der Waals surface area contributed by atoms with E-state index in [9.17, 15) is 4.79 Å². The summed E-state index contributed by atoms with van der Waals surface area (Å²) in [5, 5.41) is 2.61. The number of rotatable bonds is 4. The largest absolute Gasteiger partial charge is 0.494 e. The van der Waals surface area contributed by atoms with Gasteiger partial charge in [0.1, 0.15) is 5.75 Å². The first-order valence-electron chi connectivity index (χ1n) is 5.56. The maximum Gasteiger partial charge on any atom is 0.211 e. The molecular weight excluding hydrogens is 220 g/mol. The molecule has 0 aliphatic carbocycles. The van der Waals surface area contributed by atoms with Crippen molar-refractivity contribution in [1.29, 1.82) is 0 Å². The van der Waals surface area contributed by atoms with Crippen LogP contribution in [0.15, 0.2) is 18.2 Å². The van der Waals surface area contributed by atoms with Gasteiger partial charge in [0.15, 0.2) is 0 Å². The second kappa shape index (κ2) is 5.54. The molecule has 2 rings (SSSR count). The lowest BCUT2D eigenvalue weighted by molar-refractivity contribution is -0.105. The molecule has 1 heterocycles. The molecule has 0 unspecified atom stereocenters. The van der Waals surface area contributed by atoms with Crippen LogP contribution in [0, 0.1) is 0 Å². The van der Waals surface area contributed by atoms with Crippen LogP contribution < -0.4 is 15.0 Å². The van der Waals surface area contributed by atoms with Gasteiger partial charge < -0.3 is 19.7 Å². The fourth-order valence-electron chi connectivity index (χ4n) is 1.88. The van der Waals surface area contributed by atoms with Crippen molar-refractivity contribution in [1.82, 2.24) is 0 Å². The van der Waals surface area contributed by atoms with Crippen molar-refractivity contribution in [2.45, 2.75) is 0 Å². The summed E-state index contributed by atoms with van der Waals surface area (Å²) in [5.74, 6) is 0.668. The van der Waals surface area contributed by atoms with Crippen molar-refractivity contribution in [2.24, 2.45) is 0 Å². The van der Waals surface area contributed by atoms with E-state index in [-0.39, 0.29) is 0 Å². The van der Waals surface area contributed by atoms with Gasteiger partial charge in [0.05, 0.1) is 26.0 Å². The normalized spacial score (nSPS) is 15.5. The van der Waals surface area contributed by atoms with Crippen molar-refractivity contribution in [3.05, 3.63) is 18.2 Å². The Bertz CT molecular complexity index is 389. The minimum Gasteiger partial charge on any atom is -0.494 e. The molecule has 0 saturated carbocycles. The Labute approximate surface area is 100 Å². The van der Waals surface area contributed by atoms with Gasteiger partial charge in [-0.05, 0) is 12.1 Å². The molecule has 92 valence electrons. The number of nitrogens with one attached hydrogen (secondary N) is 1. The first-order valence-corrected chi connectivity index (χ1v) is 5.56. The summed E-state index contributed by atoms with van der Waals surface area (Å²) in [7, 11) is 1.59. The number of hydrogen-bond donors (Lipinski definition) is 1. The molecule has 1 aliphatic heterocycles. The lowest BCUT2D eigenvalue weighted by Crippen LogP contribution is -2.36. The fourth-order valence-corrected chi connectivity index (χ4v) is 1.88. The Morgan fingerprint density at radius 2 is 2.18 bits per heavy atom. The second-order valence-corrected chi connectivity index (χ2v) is 3.75. The average molecular weight is 236 g/mol. The van der Waals surface area contributed by atoms with E-state index >= 15 is 0 Å². The molecule has 1 fully saturated rings. The van der Waals surface area contributed by atoms with Gasteiger partial charge in [-0.1, -0.05) is 0 Å². The van der Waals surface area contributed by atoms with E-state index in [0.29, 0.717) is 17.8 Å². The number of hydrogen-bond acceptors (Lipinski definition) is 4. The van der Waals surface area contributed by atoms with E-state index in [2.05, 4.69) is 10.2 Å². The number of amides is 1. The van der Waals surface area contributed by atoms with Crippen LogP contribution in [0.5, 0.6) is 5.75 Å². The van der Waals surface area contributed by atoms with Crippen LogP contribution in [0.1, 0.15) is 0 Å². The highest BCUT2D eigenvalue weighted by Gasteiger charge is 2.13. The van der Waals surface area contributed by atoms with Gasteiger partial charge in [-0.25, -0.2) is 0 Å². The molecule has 0 aromatic heterocycles. The molecule has 1 aromatic rings. The molecular formula is C12H16N2O3. The van der Waals surface area contributed by atoms with E-state index < -0.39 is 0 Å². The van der Waals surface area contributed by atoms with E-state index in [1.807, 2.05) is 18.2 Å². The third-order valence-electron chi connectivity index (χ3n) is 2.78. The number of morpholine rings is 1. The van der Waals surface area contributed by atoms with Gasteiger partial charge in [0.2, 0.25) is 6.41 Å². The molecule has 1 aliphatic rings. The van der Waals surface area contributed by atoms with Gasteiger partial charge in [-0.3, -0.25) is 4.79 Å². The number of carbonyl (C=O) groups is 1. The van der Waals surface area contributed by atoms with Gasteiger partial charge in [-0.2, -0.15) is 0 Å². The maximum absolute atomic E-state index is 10.4. The molecule has 1 N–H and O–H groups in total. The van der Waals surface area contributed by atoms with Gasteiger partial charge in [0, 0.05) is 24.8 Å². The highest BCUT2D eigenvalue weighted by molar-refractivity contribution is 5.77. The van der Waals surface area contributed by atoms with Crippen molar-refractivity contribution < 1.29 is 14.3 Å². The monoisotopic (exact) mass is 236 g/mol. The first kappa shape index (κ1) is 11.7. The minimum absolute atomic E-state index is 0.645. The van der Waals surface area contributed by atoms with Crippen molar-refractivity contribution in [2.75, 3.05) is 43.6 Å². The number of nitrogens with zero attached hydrogens (tertiary/aromatic N) is 1. The third-order valence-corrected chi connectivity index (χ3v) is 2.78. The van der Waals surface area contributed by atoms with Gasteiger partial charge in [-0.15, -0.1) is 0 Å². The van der Waals surface area contributed by atoms with Crippen LogP contribution in [-0.4, -0.2) is 39.8 Å². The zero-order valence-electron chi connectivity index (χ0n) is 9.81. The number of ether oxygens (including phenoxy) is 2. The van der Waals surface area contributed by atoms with Crippen LogP contribution in [0.3, 0.4) is 0 Å². The Balaban J connectivity index is 2.20. The summed E-state index contributed by atoms with van der Waals surface area (Å²) in [6.07, 6.45) is 0.645. The van der Waals surface area contributed by atoms with E-state index in [0.717, 1.165) is 32.0 Å². The Kier molecular flexibility index (Phi) is 3.82. The van der Waals surface area contributed by atoms with Crippen LogP contribution in [0.25, 0.3) is 0 Å². The van der Waals surface area contributed by atoms with Crippen LogP contribution in [-0.2, 0) is 9.53 Å². The van der Waals surface area contributed by atoms with Gasteiger partial charge >= 0.3 is 0 Å². The van der Waals surface area contributed by atoms with Gasteiger partial charge in [0.25, 0.3) is 0 Å². The molecule has 0 radical (unpaired) electrons.